The van der Waals surface area contributed by atoms with E-state index in [-0.39, 0.29) is 17.7 Å². The van der Waals surface area contributed by atoms with E-state index in [0.717, 1.165) is 51.6 Å². The zero-order valence-corrected chi connectivity index (χ0v) is 30.1. The number of nitrogens with zero attached hydrogens (tertiary/aromatic N) is 2. The number of esters is 2. The second-order valence-corrected chi connectivity index (χ2v) is 13.8. The molecule has 2 saturated carbocycles. The molecule has 1 atom stereocenters. The van der Waals surface area contributed by atoms with Gasteiger partial charge in [-0.3, -0.25) is 0 Å². The molecule has 282 valence electrons. The smallest absolute Gasteiger partial charge is 0.356 e. The maximum atomic E-state index is 11.8. The van der Waals surface area contributed by atoms with Crippen LogP contribution in [0.3, 0.4) is 0 Å². The largest absolute Gasteiger partial charge is 0.464 e. The average molecular weight is 723 g/mol. The number of aliphatic hydroxyl groups is 1. The number of rotatable bonds is 8. The second-order valence-electron chi connectivity index (χ2n) is 13.8. The molecular weight excluding hydrogens is 672 g/mol. The highest BCUT2D eigenvalue weighted by molar-refractivity contribution is 5.87. The van der Waals surface area contributed by atoms with Crippen LogP contribution in [0.5, 0.6) is 0 Å². The summed E-state index contributed by atoms with van der Waals surface area (Å²) in [7, 11) is 2.67. The molecule has 13 nitrogen and oxygen atoms in total. The van der Waals surface area contributed by atoms with Gasteiger partial charge in [0.1, 0.15) is 11.4 Å². The van der Waals surface area contributed by atoms with E-state index >= 15 is 0 Å². The molecule has 0 bridgehead atoms. The van der Waals surface area contributed by atoms with E-state index in [2.05, 4.69) is 20.8 Å². The van der Waals surface area contributed by atoms with E-state index in [1.54, 1.807) is 42.5 Å². The first kappa shape index (κ1) is 38.2. The summed E-state index contributed by atoms with van der Waals surface area (Å²) in [6.45, 7) is 3.29. The predicted molar refractivity (Wildman–Crippen MR) is 188 cm³/mol. The molecule has 2 aromatic rings. The summed E-state index contributed by atoms with van der Waals surface area (Å²) in [6.07, 6.45) is 16.0. The highest BCUT2D eigenvalue weighted by atomic mass is 16.7. The van der Waals surface area contributed by atoms with Crippen molar-refractivity contribution in [2.45, 2.75) is 99.7 Å². The minimum Gasteiger partial charge on any atom is -0.464 e. The van der Waals surface area contributed by atoms with Crippen LogP contribution in [0, 0.1) is 0 Å². The van der Waals surface area contributed by atoms with E-state index in [1.807, 2.05) is 12.1 Å². The molecule has 3 saturated heterocycles. The third-order valence-electron chi connectivity index (χ3n) is 10.3. The van der Waals surface area contributed by atoms with E-state index in [9.17, 15) is 14.7 Å². The first-order valence-corrected chi connectivity index (χ1v) is 18.2. The van der Waals surface area contributed by atoms with Gasteiger partial charge in [-0.1, -0.05) is 24.3 Å². The van der Waals surface area contributed by atoms with Gasteiger partial charge in [0.05, 0.1) is 63.2 Å². The Labute approximate surface area is 304 Å². The van der Waals surface area contributed by atoms with Crippen LogP contribution in [0.1, 0.15) is 103 Å². The number of carbonyl (C=O) groups is 2. The van der Waals surface area contributed by atoms with Crippen molar-refractivity contribution in [3.05, 3.63) is 71.3 Å². The van der Waals surface area contributed by atoms with Gasteiger partial charge in [0, 0.05) is 32.3 Å². The molecule has 1 N–H and O–H groups in total. The quantitative estimate of drug-likeness (QED) is 0.346. The highest BCUT2D eigenvalue weighted by Gasteiger charge is 2.47. The van der Waals surface area contributed by atoms with E-state index in [4.69, 9.17) is 33.2 Å². The third-order valence-corrected chi connectivity index (χ3v) is 10.3. The lowest BCUT2D eigenvalue weighted by molar-refractivity contribution is -0.249. The summed E-state index contributed by atoms with van der Waals surface area (Å²) in [5, 5.41) is 10.7. The van der Waals surface area contributed by atoms with Gasteiger partial charge >= 0.3 is 11.9 Å². The Hall–Kier alpha value is -3.56. The fourth-order valence-corrected chi connectivity index (χ4v) is 7.25. The Bertz CT molecular complexity index is 1560. The number of carbonyl (C=O) groups excluding carboxylic acids is 2. The zero-order chi connectivity index (χ0) is 36.5. The third kappa shape index (κ3) is 9.70. The van der Waals surface area contributed by atoms with E-state index in [1.165, 1.54) is 14.2 Å². The van der Waals surface area contributed by atoms with Crippen LogP contribution >= 0.6 is 0 Å². The van der Waals surface area contributed by atoms with Crippen LogP contribution in [0.15, 0.2) is 48.6 Å². The number of methoxy groups -OCH3 is 2. The topological polar surface area (TPSA) is 154 Å². The Morgan fingerprint density at radius 1 is 0.692 bits per heavy atom. The van der Waals surface area contributed by atoms with Gasteiger partial charge in [0.15, 0.2) is 17.9 Å². The molecule has 5 heterocycles. The van der Waals surface area contributed by atoms with Crippen LogP contribution in [-0.2, 0) is 37.9 Å². The summed E-state index contributed by atoms with van der Waals surface area (Å²) in [5.74, 6) is -1.88. The van der Waals surface area contributed by atoms with Crippen molar-refractivity contribution in [2.24, 2.45) is 0 Å². The van der Waals surface area contributed by atoms with Crippen LogP contribution < -0.4 is 0 Å². The van der Waals surface area contributed by atoms with Crippen molar-refractivity contribution >= 4 is 24.1 Å². The fraction of sp³-hybridized carbons (Fsp3) is 0.590. The highest BCUT2D eigenvalue weighted by Crippen LogP contribution is 2.44. The molecule has 7 rings (SSSR count). The van der Waals surface area contributed by atoms with Crippen LogP contribution in [-0.4, -0.2) is 103 Å². The molecule has 5 fully saturated rings. The fourth-order valence-electron chi connectivity index (χ4n) is 7.25. The molecule has 3 aliphatic heterocycles. The van der Waals surface area contributed by atoms with Crippen molar-refractivity contribution in [1.29, 1.82) is 0 Å². The van der Waals surface area contributed by atoms with Gasteiger partial charge < -0.3 is 43.0 Å². The van der Waals surface area contributed by atoms with E-state index in [0.29, 0.717) is 63.5 Å². The lowest BCUT2D eigenvalue weighted by Gasteiger charge is -2.44. The number of aromatic nitrogens is 2. The molecule has 1 unspecified atom stereocenters. The molecule has 5 aliphatic rings. The standard InChI is InChI=1S/C22H29NO6.C17H21NO5/c1-25-20(24)18-6-4-5-17(23-18)8-9-21(29-19-7-2-3-14-26-19)10-12-22(13-11-21)27-15-16-28-22;1-21-15(19)14-4-2-3-13(18-14)5-6-16(20)7-9-17(10-8-16)22-11-12-23-17/h4-6,8-9,19H,2-3,7,10-16H2,1H3;2-6,20H,7-12H2,1H3/b9-8+;6-5+. The molecule has 52 heavy (non-hydrogen) atoms. The molecule has 2 aliphatic carbocycles. The SMILES string of the molecule is COC(=O)c1cccc(/C=C/C2(O)CCC3(CC2)OCCO3)n1.COC(=O)c1cccc(/C=C/C2(OC3CCCCO3)CCC3(CC2)OCCO3)n1. The van der Waals surface area contributed by atoms with Crippen molar-refractivity contribution in [1.82, 2.24) is 9.97 Å². The normalized spacial score (nSPS) is 26.3. The summed E-state index contributed by atoms with van der Waals surface area (Å²) in [5.41, 5.74) is 0.464. The number of hydrogen-bond acceptors (Lipinski definition) is 13. The van der Waals surface area contributed by atoms with Crippen LogP contribution in [0.2, 0.25) is 0 Å². The molecular formula is C39H50N2O11. The first-order valence-electron chi connectivity index (χ1n) is 18.2. The lowest BCUT2D eigenvalue weighted by atomic mass is 9.80. The van der Waals surface area contributed by atoms with Crippen molar-refractivity contribution in [2.75, 3.05) is 47.3 Å². The maximum absolute atomic E-state index is 11.8. The van der Waals surface area contributed by atoms with Crippen molar-refractivity contribution < 1.29 is 52.6 Å². The van der Waals surface area contributed by atoms with E-state index < -0.39 is 34.7 Å². The average Bonchev–Trinajstić information content (AvgIpc) is 3.86. The molecule has 13 heteroatoms. The maximum Gasteiger partial charge on any atom is 0.356 e. The van der Waals surface area contributed by atoms with Gasteiger partial charge in [-0.25, -0.2) is 19.6 Å². The second kappa shape index (κ2) is 17.1. The first-order chi connectivity index (χ1) is 25.2. The monoisotopic (exact) mass is 722 g/mol. The van der Waals surface area contributed by atoms with Crippen molar-refractivity contribution in [3.63, 3.8) is 0 Å². The number of pyridine rings is 2. The van der Waals surface area contributed by atoms with Gasteiger partial charge in [0.2, 0.25) is 0 Å². The Morgan fingerprint density at radius 3 is 1.67 bits per heavy atom. The Morgan fingerprint density at radius 2 is 1.19 bits per heavy atom. The minimum absolute atomic E-state index is 0.192. The van der Waals surface area contributed by atoms with Crippen LogP contribution in [0.25, 0.3) is 12.2 Å². The lowest BCUT2D eigenvalue weighted by Crippen LogP contribution is -2.46. The summed E-state index contributed by atoms with van der Waals surface area (Å²) in [6, 6.07) is 10.4. The van der Waals surface area contributed by atoms with Crippen LogP contribution in [0.4, 0.5) is 0 Å². The summed E-state index contributed by atoms with van der Waals surface area (Å²) < 4.78 is 44.9. The molecule has 2 spiro atoms. The predicted octanol–water partition coefficient (Wildman–Crippen LogP) is 5.41. The van der Waals surface area contributed by atoms with Gasteiger partial charge in [0.25, 0.3) is 0 Å². The molecule has 0 aromatic carbocycles. The van der Waals surface area contributed by atoms with Gasteiger partial charge in [-0.2, -0.15) is 0 Å². The van der Waals surface area contributed by atoms with Crippen molar-refractivity contribution in [3.8, 4) is 0 Å². The zero-order valence-electron chi connectivity index (χ0n) is 30.1. The molecule has 0 amide bonds. The Balaban J connectivity index is 0.000000183. The minimum atomic E-state index is -0.899. The number of ether oxygens (including phenoxy) is 8. The summed E-state index contributed by atoms with van der Waals surface area (Å²) >= 11 is 0. The van der Waals surface area contributed by atoms with Gasteiger partial charge in [-0.15, -0.1) is 0 Å². The molecule has 0 radical (unpaired) electrons. The van der Waals surface area contributed by atoms with Gasteiger partial charge in [-0.05, 0) is 81.4 Å². The molecule has 2 aromatic heterocycles. The number of hydrogen-bond donors (Lipinski definition) is 1. The Kier molecular flexibility index (Phi) is 12.5. The summed E-state index contributed by atoms with van der Waals surface area (Å²) in [4.78, 5) is 31.8.